The van der Waals surface area contributed by atoms with Gasteiger partial charge < -0.3 is 9.13 Å². The third-order valence-electron chi connectivity index (χ3n) is 12.9. The van der Waals surface area contributed by atoms with E-state index in [0.29, 0.717) is 0 Å². The van der Waals surface area contributed by atoms with Gasteiger partial charge in [-0.3, -0.25) is 4.57 Å². The highest BCUT2D eigenvalue weighted by Gasteiger charge is 2.20. The largest absolute Gasteiger partial charge is 0.309 e. The number of benzene rings is 9. The topological polar surface area (TPSA) is 27.7 Å². The molecule has 0 spiro atoms. The van der Waals surface area contributed by atoms with Crippen LogP contribution in [0.25, 0.3) is 116 Å². The first-order valence-electron chi connectivity index (χ1n) is 21.5. The summed E-state index contributed by atoms with van der Waals surface area (Å²) in [6.45, 7) is 0. The summed E-state index contributed by atoms with van der Waals surface area (Å²) in [7, 11) is 0. The van der Waals surface area contributed by atoms with Crippen LogP contribution < -0.4 is 0 Å². The highest BCUT2D eigenvalue weighted by Crippen LogP contribution is 2.42. The summed E-state index contributed by atoms with van der Waals surface area (Å²) in [6, 6.07) is 81.6. The van der Waals surface area contributed by atoms with Gasteiger partial charge in [0.05, 0.1) is 39.0 Å². The lowest BCUT2D eigenvalue weighted by atomic mass is 9.94. The van der Waals surface area contributed by atoms with E-state index in [4.69, 9.17) is 4.98 Å². The predicted octanol–water partition coefficient (Wildman–Crippen LogP) is 15.4. The molecule has 13 rings (SSSR count). The molecular formula is C59H38N4. The fourth-order valence-corrected chi connectivity index (χ4v) is 10.2. The van der Waals surface area contributed by atoms with Crippen molar-refractivity contribution in [1.82, 2.24) is 18.7 Å². The van der Waals surface area contributed by atoms with Gasteiger partial charge in [-0.25, -0.2) is 4.98 Å². The highest BCUT2D eigenvalue weighted by atomic mass is 15.0. The maximum Gasteiger partial charge on any atom is 0.145 e. The minimum absolute atomic E-state index is 0.957. The normalized spacial score (nSPS) is 11.8. The molecule has 0 saturated carbocycles. The molecule has 4 heterocycles. The maximum atomic E-state index is 4.87. The standard InChI is InChI=1S/C59H38N4/c1-7-27-52(62-54-29-9-2-21-45(54)46-22-3-10-30-55(46)62)44(20-1)42-33-34-58(63-56-31-11-4-23-47(56)48-24-5-12-32-57(48)63)51(38-42)41-18-13-16-39(36-41)40-17-14-19-43(37-40)61-53-28-8-6-25-49(53)50-26-15-35-60-59(50)61/h1-38H. The Bertz CT molecular complexity index is 3770. The Hall–Kier alpha value is -8.47. The molecule has 0 aliphatic rings. The Labute approximate surface area is 363 Å². The number of aromatic nitrogens is 4. The van der Waals surface area contributed by atoms with Crippen molar-refractivity contribution in [2.24, 2.45) is 0 Å². The highest BCUT2D eigenvalue weighted by molar-refractivity contribution is 6.11. The zero-order chi connectivity index (χ0) is 41.4. The van der Waals surface area contributed by atoms with Crippen molar-refractivity contribution in [3.8, 4) is 50.4 Å². The number of fused-ring (bicyclic) bond motifs is 9. The fraction of sp³-hybridized carbons (Fsp3) is 0. The molecule has 63 heavy (non-hydrogen) atoms. The lowest BCUT2D eigenvalue weighted by Crippen LogP contribution is -2.00. The van der Waals surface area contributed by atoms with Crippen LogP contribution in [-0.4, -0.2) is 18.7 Å². The maximum absolute atomic E-state index is 4.87. The monoisotopic (exact) mass is 802 g/mol. The molecular weight excluding hydrogens is 765 g/mol. The van der Waals surface area contributed by atoms with Crippen molar-refractivity contribution in [3.05, 3.63) is 231 Å². The average molecular weight is 803 g/mol. The van der Waals surface area contributed by atoms with Crippen LogP contribution in [0.1, 0.15) is 0 Å². The van der Waals surface area contributed by atoms with E-state index in [1.807, 2.05) is 12.3 Å². The van der Waals surface area contributed by atoms with Gasteiger partial charge in [-0.05, 0) is 101 Å². The molecule has 0 radical (unpaired) electrons. The number of hydrogen-bond donors (Lipinski definition) is 0. The first kappa shape index (κ1) is 35.3. The van der Waals surface area contributed by atoms with Crippen LogP contribution in [-0.2, 0) is 0 Å². The zero-order valence-electron chi connectivity index (χ0n) is 34.2. The van der Waals surface area contributed by atoms with Crippen molar-refractivity contribution >= 4 is 65.5 Å². The molecule has 4 aromatic heterocycles. The summed E-state index contributed by atoms with van der Waals surface area (Å²) in [4.78, 5) is 4.87. The van der Waals surface area contributed by atoms with E-state index in [9.17, 15) is 0 Å². The Morgan fingerprint density at radius 2 is 0.714 bits per heavy atom. The summed E-state index contributed by atoms with van der Waals surface area (Å²) >= 11 is 0. The molecule has 0 atom stereocenters. The number of rotatable bonds is 6. The summed E-state index contributed by atoms with van der Waals surface area (Å²) in [5, 5.41) is 7.33. The fourth-order valence-electron chi connectivity index (χ4n) is 10.2. The van der Waals surface area contributed by atoms with E-state index in [0.717, 1.165) is 61.4 Å². The van der Waals surface area contributed by atoms with Gasteiger partial charge in [-0.2, -0.15) is 0 Å². The Kier molecular flexibility index (Phi) is 7.87. The van der Waals surface area contributed by atoms with Crippen LogP contribution in [0.3, 0.4) is 0 Å². The minimum atomic E-state index is 0.957. The number of para-hydroxylation sites is 6. The Morgan fingerprint density at radius 3 is 1.33 bits per heavy atom. The molecule has 0 aliphatic heterocycles. The second kappa shape index (κ2) is 14.1. The van der Waals surface area contributed by atoms with Crippen molar-refractivity contribution in [1.29, 1.82) is 0 Å². The first-order valence-corrected chi connectivity index (χ1v) is 21.5. The molecule has 0 bridgehead atoms. The van der Waals surface area contributed by atoms with Crippen LogP contribution in [0.2, 0.25) is 0 Å². The van der Waals surface area contributed by atoms with Crippen molar-refractivity contribution in [3.63, 3.8) is 0 Å². The van der Waals surface area contributed by atoms with Gasteiger partial charge >= 0.3 is 0 Å². The number of pyridine rings is 1. The van der Waals surface area contributed by atoms with Gasteiger partial charge in [0.1, 0.15) is 5.65 Å². The van der Waals surface area contributed by atoms with Crippen LogP contribution in [0, 0.1) is 0 Å². The second-order valence-electron chi connectivity index (χ2n) is 16.3. The van der Waals surface area contributed by atoms with Crippen molar-refractivity contribution < 1.29 is 0 Å². The Morgan fingerprint density at radius 1 is 0.270 bits per heavy atom. The number of nitrogens with zero attached hydrogens (tertiary/aromatic N) is 4. The zero-order valence-corrected chi connectivity index (χ0v) is 34.2. The minimum Gasteiger partial charge on any atom is -0.309 e. The van der Waals surface area contributed by atoms with Crippen molar-refractivity contribution in [2.75, 3.05) is 0 Å². The van der Waals surface area contributed by atoms with Crippen LogP contribution >= 0.6 is 0 Å². The lowest BCUT2D eigenvalue weighted by molar-refractivity contribution is 1.14. The van der Waals surface area contributed by atoms with E-state index < -0.39 is 0 Å². The molecule has 0 amide bonds. The molecule has 0 fully saturated rings. The predicted molar refractivity (Wildman–Crippen MR) is 264 cm³/mol. The van der Waals surface area contributed by atoms with E-state index in [-0.39, 0.29) is 0 Å². The molecule has 4 nitrogen and oxygen atoms in total. The Balaban J connectivity index is 1.03. The first-order chi connectivity index (χ1) is 31.3. The van der Waals surface area contributed by atoms with E-state index in [1.165, 1.54) is 54.6 Å². The molecule has 4 heteroatoms. The molecule has 9 aromatic carbocycles. The third kappa shape index (κ3) is 5.45. The van der Waals surface area contributed by atoms with E-state index in [1.54, 1.807) is 0 Å². The summed E-state index contributed by atoms with van der Waals surface area (Å²) in [5.41, 5.74) is 17.1. The molecule has 294 valence electrons. The smallest absolute Gasteiger partial charge is 0.145 e. The third-order valence-corrected chi connectivity index (χ3v) is 12.9. The van der Waals surface area contributed by atoms with Crippen LogP contribution in [0.15, 0.2) is 231 Å². The van der Waals surface area contributed by atoms with Gasteiger partial charge in [0.15, 0.2) is 0 Å². The van der Waals surface area contributed by atoms with Gasteiger partial charge in [-0.15, -0.1) is 0 Å². The molecule has 0 saturated heterocycles. The van der Waals surface area contributed by atoms with Crippen LogP contribution in [0.5, 0.6) is 0 Å². The van der Waals surface area contributed by atoms with Crippen LogP contribution in [0.4, 0.5) is 0 Å². The van der Waals surface area contributed by atoms with E-state index >= 15 is 0 Å². The number of hydrogen-bond acceptors (Lipinski definition) is 1. The van der Waals surface area contributed by atoms with E-state index in [2.05, 4.69) is 232 Å². The molecule has 0 N–H and O–H groups in total. The molecule has 0 aliphatic carbocycles. The quantitative estimate of drug-likeness (QED) is 0.165. The summed E-state index contributed by atoms with van der Waals surface area (Å²) in [6.07, 6.45) is 1.88. The van der Waals surface area contributed by atoms with Gasteiger partial charge in [0.2, 0.25) is 0 Å². The average Bonchev–Trinajstić information content (AvgIpc) is 4.00. The lowest BCUT2D eigenvalue weighted by Gasteiger charge is -2.19. The van der Waals surface area contributed by atoms with Gasteiger partial charge in [0.25, 0.3) is 0 Å². The summed E-state index contributed by atoms with van der Waals surface area (Å²) < 4.78 is 7.17. The SMILES string of the molecule is c1cc(-c2cccc(-n3c4ccccc4c4cccnc43)c2)cc(-c2cc(-c3ccccc3-n3c4ccccc4c4ccccc43)ccc2-n2c3ccccc3c3ccccc32)c1. The molecule has 13 aromatic rings. The van der Waals surface area contributed by atoms with Crippen molar-refractivity contribution in [2.45, 2.75) is 0 Å². The van der Waals surface area contributed by atoms with Gasteiger partial charge in [-0.1, -0.05) is 146 Å². The van der Waals surface area contributed by atoms with Gasteiger partial charge in [0, 0.05) is 55.3 Å². The second-order valence-corrected chi connectivity index (χ2v) is 16.3. The summed E-state index contributed by atoms with van der Waals surface area (Å²) in [5.74, 6) is 0. The molecule has 0 unspecified atom stereocenters.